The van der Waals surface area contributed by atoms with Gasteiger partial charge in [-0.2, -0.15) is 0 Å². The predicted molar refractivity (Wildman–Crippen MR) is 134 cm³/mol. The van der Waals surface area contributed by atoms with E-state index in [1.165, 1.54) is 11.3 Å². The summed E-state index contributed by atoms with van der Waals surface area (Å²) in [6.45, 7) is 4.02. The van der Waals surface area contributed by atoms with Crippen molar-refractivity contribution in [2.24, 2.45) is 0 Å². The number of rotatable bonds is 7. The number of ether oxygens (including phenoxy) is 2. The van der Waals surface area contributed by atoms with Crippen molar-refractivity contribution in [1.29, 1.82) is 0 Å². The van der Waals surface area contributed by atoms with E-state index in [4.69, 9.17) is 14.5 Å². The standard InChI is InChI=1S/C25H25N5O3S/c1-26-24(31)21-14-19(8-9-27-21)33-18-6-7-20-23(15-18)34-25(29-20)28-16-17-4-2-3-5-22(17)30-10-12-32-13-11-30/h2-9,14-15H,10-13,16H2,1H3,(H,26,31)(H,28,29). The van der Waals surface area contributed by atoms with E-state index in [0.717, 1.165) is 41.7 Å². The maximum Gasteiger partial charge on any atom is 0.269 e. The summed E-state index contributed by atoms with van der Waals surface area (Å²) in [6.07, 6.45) is 1.56. The second-order valence-electron chi connectivity index (χ2n) is 7.79. The number of carbonyl (C=O) groups excluding carboxylic acids is 1. The summed E-state index contributed by atoms with van der Waals surface area (Å²) in [5.41, 5.74) is 3.69. The van der Waals surface area contributed by atoms with Crippen molar-refractivity contribution in [1.82, 2.24) is 15.3 Å². The fourth-order valence-electron chi connectivity index (χ4n) is 3.85. The van der Waals surface area contributed by atoms with E-state index < -0.39 is 0 Å². The third kappa shape index (κ3) is 4.95. The Balaban J connectivity index is 1.29. The van der Waals surface area contributed by atoms with Crippen molar-refractivity contribution < 1.29 is 14.3 Å². The number of carbonyl (C=O) groups is 1. The highest BCUT2D eigenvalue weighted by Gasteiger charge is 2.15. The molecule has 0 spiro atoms. The van der Waals surface area contributed by atoms with Crippen molar-refractivity contribution in [3.05, 3.63) is 72.1 Å². The number of pyridine rings is 1. The lowest BCUT2D eigenvalue weighted by molar-refractivity contribution is 0.0958. The van der Waals surface area contributed by atoms with Crippen LogP contribution in [0.1, 0.15) is 16.1 Å². The van der Waals surface area contributed by atoms with E-state index in [-0.39, 0.29) is 5.91 Å². The molecule has 4 aromatic rings. The Kier molecular flexibility index (Phi) is 6.55. The van der Waals surface area contributed by atoms with E-state index >= 15 is 0 Å². The van der Waals surface area contributed by atoms with Crippen molar-refractivity contribution in [3.63, 3.8) is 0 Å². The maximum absolute atomic E-state index is 11.8. The Hall–Kier alpha value is -3.69. The Labute approximate surface area is 201 Å². The van der Waals surface area contributed by atoms with Gasteiger partial charge in [-0.3, -0.25) is 9.78 Å². The van der Waals surface area contributed by atoms with Crippen LogP contribution in [0.25, 0.3) is 10.2 Å². The second kappa shape index (κ2) is 10.1. The number of hydrogen-bond acceptors (Lipinski definition) is 8. The number of aromatic nitrogens is 2. The van der Waals surface area contributed by atoms with Gasteiger partial charge in [0.1, 0.15) is 17.2 Å². The molecular weight excluding hydrogens is 450 g/mol. The zero-order chi connectivity index (χ0) is 23.3. The molecule has 2 N–H and O–H groups in total. The van der Waals surface area contributed by atoms with Gasteiger partial charge >= 0.3 is 0 Å². The summed E-state index contributed by atoms with van der Waals surface area (Å²) < 4.78 is 12.5. The topological polar surface area (TPSA) is 88.6 Å². The Bertz CT molecular complexity index is 1300. The fourth-order valence-corrected chi connectivity index (χ4v) is 4.74. The number of benzene rings is 2. The van der Waals surface area contributed by atoms with Crippen LogP contribution in [-0.2, 0) is 11.3 Å². The van der Waals surface area contributed by atoms with Crippen LogP contribution >= 0.6 is 11.3 Å². The van der Waals surface area contributed by atoms with Gasteiger partial charge in [0.05, 0.1) is 23.4 Å². The van der Waals surface area contributed by atoms with Crippen molar-refractivity contribution in [3.8, 4) is 11.5 Å². The molecule has 1 aliphatic heterocycles. The Morgan fingerprint density at radius 1 is 1.12 bits per heavy atom. The molecule has 1 saturated heterocycles. The van der Waals surface area contributed by atoms with E-state index in [1.54, 1.807) is 36.7 Å². The van der Waals surface area contributed by atoms with Gasteiger partial charge in [0.25, 0.3) is 5.91 Å². The van der Waals surface area contributed by atoms with Gasteiger partial charge < -0.3 is 25.0 Å². The number of para-hydroxylation sites is 1. The molecular formula is C25H25N5O3S. The van der Waals surface area contributed by atoms with E-state index in [1.807, 2.05) is 18.2 Å². The highest BCUT2D eigenvalue weighted by molar-refractivity contribution is 7.22. The summed E-state index contributed by atoms with van der Waals surface area (Å²) in [5.74, 6) is 0.972. The summed E-state index contributed by atoms with van der Waals surface area (Å²) in [4.78, 5) is 23.0. The smallest absolute Gasteiger partial charge is 0.269 e. The number of morpholine rings is 1. The molecule has 174 valence electrons. The normalized spacial score (nSPS) is 13.6. The van der Waals surface area contributed by atoms with Gasteiger partial charge in [-0.05, 0) is 29.8 Å². The molecule has 1 amide bonds. The number of hydrogen-bond donors (Lipinski definition) is 2. The minimum atomic E-state index is -0.255. The second-order valence-corrected chi connectivity index (χ2v) is 8.82. The van der Waals surface area contributed by atoms with Gasteiger partial charge in [0.2, 0.25) is 0 Å². The largest absolute Gasteiger partial charge is 0.457 e. The number of fused-ring (bicyclic) bond motifs is 1. The molecule has 9 heteroatoms. The molecule has 0 atom stereocenters. The van der Waals surface area contributed by atoms with Crippen LogP contribution in [-0.4, -0.2) is 49.2 Å². The molecule has 34 heavy (non-hydrogen) atoms. The molecule has 5 rings (SSSR count). The van der Waals surface area contributed by atoms with Crippen LogP contribution in [0.2, 0.25) is 0 Å². The molecule has 2 aromatic heterocycles. The van der Waals surface area contributed by atoms with Crippen LogP contribution < -0.4 is 20.3 Å². The van der Waals surface area contributed by atoms with E-state index in [9.17, 15) is 4.79 Å². The maximum atomic E-state index is 11.8. The Morgan fingerprint density at radius 3 is 2.79 bits per heavy atom. The molecule has 2 aromatic carbocycles. The molecule has 0 unspecified atom stereocenters. The predicted octanol–water partition coefficient (Wildman–Crippen LogP) is 4.29. The first-order chi connectivity index (χ1) is 16.7. The van der Waals surface area contributed by atoms with E-state index in [2.05, 4.69) is 44.8 Å². The van der Waals surface area contributed by atoms with Crippen molar-refractivity contribution in [2.75, 3.05) is 43.6 Å². The van der Waals surface area contributed by atoms with Crippen LogP contribution in [0.5, 0.6) is 11.5 Å². The van der Waals surface area contributed by atoms with Gasteiger partial charge in [-0.25, -0.2) is 4.98 Å². The number of amides is 1. The number of thiazole rings is 1. The number of nitrogens with one attached hydrogen (secondary N) is 2. The van der Waals surface area contributed by atoms with Crippen LogP contribution in [0, 0.1) is 0 Å². The summed E-state index contributed by atoms with van der Waals surface area (Å²) >= 11 is 1.58. The van der Waals surface area contributed by atoms with Crippen LogP contribution in [0.4, 0.5) is 10.8 Å². The molecule has 0 saturated carbocycles. The monoisotopic (exact) mass is 475 g/mol. The average molecular weight is 476 g/mol. The molecule has 1 aliphatic rings. The lowest BCUT2D eigenvalue weighted by Crippen LogP contribution is -2.36. The van der Waals surface area contributed by atoms with Gasteiger partial charge in [0, 0.05) is 50.7 Å². The van der Waals surface area contributed by atoms with E-state index in [0.29, 0.717) is 23.7 Å². The summed E-state index contributed by atoms with van der Waals surface area (Å²) in [5, 5.41) is 6.90. The number of nitrogens with zero attached hydrogens (tertiary/aromatic N) is 3. The van der Waals surface area contributed by atoms with Gasteiger partial charge in [0.15, 0.2) is 5.13 Å². The lowest BCUT2D eigenvalue weighted by atomic mass is 10.1. The van der Waals surface area contributed by atoms with Crippen LogP contribution in [0.3, 0.4) is 0 Å². The fraction of sp³-hybridized carbons (Fsp3) is 0.240. The summed E-state index contributed by atoms with van der Waals surface area (Å²) in [7, 11) is 1.57. The molecule has 0 radical (unpaired) electrons. The van der Waals surface area contributed by atoms with Crippen molar-refractivity contribution in [2.45, 2.75) is 6.54 Å². The van der Waals surface area contributed by atoms with Gasteiger partial charge in [-0.1, -0.05) is 29.5 Å². The first kappa shape index (κ1) is 22.1. The zero-order valence-electron chi connectivity index (χ0n) is 18.8. The van der Waals surface area contributed by atoms with Crippen LogP contribution in [0.15, 0.2) is 60.8 Å². The first-order valence-electron chi connectivity index (χ1n) is 11.1. The SMILES string of the molecule is CNC(=O)c1cc(Oc2ccc3nc(NCc4ccccc4N4CCOCC4)sc3c2)ccn1. The summed E-state index contributed by atoms with van der Waals surface area (Å²) in [6, 6.07) is 17.6. The van der Waals surface area contributed by atoms with Gasteiger partial charge in [-0.15, -0.1) is 0 Å². The molecule has 3 heterocycles. The quantitative estimate of drug-likeness (QED) is 0.412. The third-order valence-corrected chi connectivity index (χ3v) is 6.54. The minimum absolute atomic E-state index is 0.255. The number of anilines is 2. The lowest BCUT2D eigenvalue weighted by Gasteiger charge is -2.30. The average Bonchev–Trinajstić information content (AvgIpc) is 3.30. The molecule has 8 nitrogen and oxygen atoms in total. The molecule has 0 aliphatic carbocycles. The zero-order valence-corrected chi connectivity index (χ0v) is 19.6. The highest BCUT2D eigenvalue weighted by Crippen LogP contribution is 2.32. The molecule has 1 fully saturated rings. The molecule has 0 bridgehead atoms. The van der Waals surface area contributed by atoms with Crippen molar-refractivity contribution >= 4 is 38.3 Å². The third-order valence-electron chi connectivity index (χ3n) is 5.56. The minimum Gasteiger partial charge on any atom is -0.457 e. The first-order valence-corrected chi connectivity index (χ1v) is 11.9. The highest BCUT2D eigenvalue weighted by atomic mass is 32.1. The Morgan fingerprint density at radius 2 is 1.94 bits per heavy atom.